The summed E-state index contributed by atoms with van der Waals surface area (Å²) in [5.74, 6) is 0.804. The number of benzene rings is 2. The van der Waals surface area contributed by atoms with Crippen molar-refractivity contribution in [2.75, 3.05) is 7.11 Å². The van der Waals surface area contributed by atoms with Gasteiger partial charge >= 0.3 is 0 Å². The van der Waals surface area contributed by atoms with Gasteiger partial charge in [0.05, 0.1) is 7.11 Å². The van der Waals surface area contributed by atoms with E-state index >= 15 is 0 Å². The molecule has 0 bridgehead atoms. The van der Waals surface area contributed by atoms with Gasteiger partial charge in [0.2, 0.25) is 0 Å². The summed E-state index contributed by atoms with van der Waals surface area (Å²) in [5, 5.41) is 0. The van der Waals surface area contributed by atoms with Crippen LogP contribution < -0.4 is 4.74 Å². The summed E-state index contributed by atoms with van der Waals surface area (Å²) >= 11 is 4.37. The van der Waals surface area contributed by atoms with E-state index in [-0.39, 0.29) is 0 Å². The molecule has 2 aromatic carbocycles. The third kappa shape index (κ3) is 2.16. The van der Waals surface area contributed by atoms with E-state index in [1.165, 1.54) is 5.56 Å². The quantitative estimate of drug-likeness (QED) is 0.754. The van der Waals surface area contributed by atoms with Gasteiger partial charge in [-0.05, 0) is 23.3 Å². The Bertz CT molecular complexity index is 451. The highest BCUT2D eigenvalue weighted by Crippen LogP contribution is 2.28. The molecule has 2 rings (SSSR count). The molecule has 0 unspecified atom stereocenters. The fraction of sp³-hybridized carbons (Fsp3) is 0.0769. The van der Waals surface area contributed by atoms with Crippen molar-refractivity contribution in [3.63, 3.8) is 0 Å². The lowest BCUT2D eigenvalue weighted by Gasteiger charge is -2.06. The number of ether oxygens (including phenoxy) is 1. The predicted octanol–water partition coefficient (Wildman–Crippen LogP) is 3.65. The van der Waals surface area contributed by atoms with Crippen LogP contribution in [0, 0.1) is 0 Å². The topological polar surface area (TPSA) is 9.23 Å². The highest BCUT2D eigenvalue weighted by molar-refractivity contribution is 7.80. The van der Waals surface area contributed by atoms with Crippen LogP contribution in [-0.2, 0) is 0 Å². The first kappa shape index (κ1) is 10.1. The van der Waals surface area contributed by atoms with Crippen molar-refractivity contribution >= 4 is 12.6 Å². The monoisotopic (exact) mass is 216 g/mol. The summed E-state index contributed by atoms with van der Waals surface area (Å²) in [6.45, 7) is 0. The Kier molecular flexibility index (Phi) is 2.97. The third-order valence-electron chi connectivity index (χ3n) is 2.29. The summed E-state index contributed by atoms with van der Waals surface area (Å²) in [6, 6.07) is 16.2. The largest absolute Gasteiger partial charge is 0.496 e. The highest BCUT2D eigenvalue weighted by atomic mass is 32.1. The summed E-state index contributed by atoms with van der Waals surface area (Å²) in [7, 11) is 1.65. The van der Waals surface area contributed by atoms with E-state index in [1.54, 1.807) is 7.11 Å². The molecule has 0 saturated carbocycles. The maximum Gasteiger partial charge on any atom is 0.132 e. The molecule has 0 aliphatic heterocycles. The lowest BCUT2D eigenvalue weighted by Crippen LogP contribution is -1.85. The van der Waals surface area contributed by atoms with E-state index in [0.717, 1.165) is 16.2 Å². The van der Waals surface area contributed by atoms with Gasteiger partial charge in [-0.2, -0.15) is 0 Å². The van der Waals surface area contributed by atoms with Gasteiger partial charge in [0.15, 0.2) is 0 Å². The van der Waals surface area contributed by atoms with Gasteiger partial charge in [-0.25, -0.2) is 0 Å². The van der Waals surface area contributed by atoms with Crippen molar-refractivity contribution in [1.82, 2.24) is 0 Å². The molecule has 0 atom stereocenters. The van der Waals surface area contributed by atoms with Gasteiger partial charge in [0.25, 0.3) is 0 Å². The Labute approximate surface area is 95.1 Å². The lowest BCUT2D eigenvalue weighted by atomic mass is 10.1. The number of methoxy groups -OCH3 is 1. The fourth-order valence-corrected chi connectivity index (χ4v) is 1.81. The van der Waals surface area contributed by atoms with E-state index in [9.17, 15) is 0 Å². The summed E-state index contributed by atoms with van der Waals surface area (Å²) in [4.78, 5) is 0.860. The van der Waals surface area contributed by atoms with Crippen molar-refractivity contribution < 1.29 is 4.74 Å². The average molecular weight is 216 g/mol. The number of hydrogen-bond donors (Lipinski definition) is 1. The lowest BCUT2D eigenvalue weighted by molar-refractivity contribution is 0.405. The van der Waals surface area contributed by atoms with Crippen molar-refractivity contribution in [3.8, 4) is 16.9 Å². The maximum atomic E-state index is 5.16. The second-order valence-electron chi connectivity index (χ2n) is 3.25. The van der Waals surface area contributed by atoms with Crippen LogP contribution in [0.5, 0.6) is 5.75 Å². The molecule has 0 saturated heterocycles. The van der Waals surface area contributed by atoms with Crippen LogP contribution in [0.15, 0.2) is 53.4 Å². The number of hydrogen-bond acceptors (Lipinski definition) is 2. The molecule has 2 aromatic rings. The van der Waals surface area contributed by atoms with Crippen LogP contribution in [0.25, 0.3) is 11.1 Å². The molecule has 0 aliphatic carbocycles. The summed E-state index contributed by atoms with van der Waals surface area (Å²) in [6.07, 6.45) is 0. The minimum Gasteiger partial charge on any atom is -0.496 e. The normalized spacial score (nSPS) is 10.0. The molecule has 15 heavy (non-hydrogen) atoms. The number of thiol groups is 1. The second kappa shape index (κ2) is 4.41. The van der Waals surface area contributed by atoms with Crippen molar-refractivity contribution in [2.45, 2.75) is 4.90 Å². The van der Waals surface area contributed by atoms with Gasteiger partial charge in [0.1, 0.15) is 5.75 Å². The third-order valence-corrected chi connectivity index (χ3v) is 2.64. The minimum atomic E-state index is 0.804. The Hall–Kier alpha value is -1.41. The fourth-order valence-electron chi connectivity index (χ4n) is 1.50. The van der Waals surface area contributed by atoms with Crippen LogP contribution in [-0.4, -0.2) is 7.11 Å². The number of rotatable bonds is 2. The molecule has 0 heterocycles. The molecule has 0 amide bonds. The molecule has 76 valence electrons. The zero-order valence-corrected chi connectivity index (χ0v) is 9.37. The van der Waals surface area contributed by atoms with Crippen LogP contribution in [0.2, 0.25) is 0 Å². The van der Waals surface area contributed by atoms with Gasteiger partial charge < -0.3 is 4.74 Å². The molecule has 0 spiro atoms. The molecule has 0 N–H and O–H groups in total. The predicted molar refractivity (Wildman–Crippen MR) is 65.7 cm³/mol. The molecule has 0 radical (unpaired) electrons. The zero-order chi connectivity index (χ0) is 10.7. The first-order valence-corrected chi connectivity index (χ1v) is 5.18. The van der Waals surface area contributed by atoms with Gasteiger partial charge in [-0.3, -0.25) is 0 Å². The van der Waals surface area contributed by atoms with E-state index in [4.69, 9.17) is 4.74 Å². The van der Waals surface area contributed by atoms with Gasteiger partial charge in [-0.15, -0.1) is 12.6 Å². The van der Waals surface area contributed by atoms with Crippen LogP contribution in [0.4, 0.5) is 0 Å². The SMILES string of the molecule is COc1ccc(-c2ccccc2)cc1S. The van der Waals surface area contributed by atoms with E-state index in [1.807, 2.05) is 36.4 Å². The van der Waals surface area contributed by atoms with Crippen molar-refractivity contribution in [1.29, 1.82) is 0 Å². The Balaban J connectivity index is 2.43. The first-order chi connectivity index (χ1) is 7.31. The molecule has 1 nitrogen and oxygen atoms in total. The highest BCUT2D eigenvalue weighted by Gasteiger charge is 2.01. The maximum absolute atomic E-state index is 5.16. The van der Waals surface area contributed by atoms with Crippen molar-refractivity contribution in [3.05, 3.63) is 48.5 Å². The van der Waals surface area contributed by atoms with E-state index in [0.29, 0.717) is 0 Å². The van der Waals surface area contributed by atoms with Crippen LogP contribution >= 0.6 is 12.6 Å². The molecular formula is C13H12OS. The van der Waals surface area contributed by atoms with Crippen molar-refractivity contribution in [2.24, 2.45) is 0 Å². The van der Waals surface area contributed by atoms with Gasteiger partial charge in [-0.1, -0.05) is 36.4 Å². The van der Waals surface area contributed by atoms with E-state index in [2.05, 4.69) is 24.8 Å². The van der Waals surface area contributed by atoms with Crippen LogP contribution in [0.3, 0.4) is 0 Å². The zero-order valence-electron chi connectivity index (χ0n) is 8.47. The molecular weight excluding hydrogens is 204 g/mol. The second-order valence-corrected chi connectivity index (χ2v) is 3.73. The smallest absolute Gasteiger partial charge is 0.132 e. The van der Waals surface area contributed by atoms with Gasteiger partial charge in [0, 0.05) is 4.90 Å². The Morgan fingerprint density at radius 3 is 2.27 bits per heavy atom. The molecule has 0 aliphatic rings. The Morgan fingerprint density at radius 1 is 0.933 bits per heavy atom. The molecule has 2 heteroatoms. The summed E-state index contributed by atoms with van der Waals surface area (Å²) < 4.78 is 5.16. The Morgan fingerprint density at radius 2 is 1.67 bits per heavy atom. The van der Waals surface area contributed by atoms with Crippen LogP contribution in [0.1, 0.15) is 0 Å². The van der Waals surface area contributed by atoms with E-state index < -0.39 is 0 Å². The first-order valence-electron chi connectivity index (χ1n) is 4.73. The average Bonchev–Trinajstić information content (AvgIpc) is 2.30. The minimum absolute atomic E-state index is 0.804. The molecule has 0 fully saturated rings. The summed E-state index contributed by atoms with van der Waals surface area (Å²) in [5.41, 5.74) is 2.34. The standard InChI is InChI=1S/C13H12OS/c1-14-12-8-7-11(9-13(12)15)10-5-3-2-4-6-10/h2-9,15H,1H3. The molecule has 0 aromatic heterocycles.